The zero-order valence-corrected chi connectivity index (χ0v) is 53.7. The first-order valence-electron chi connectivity index (χ1n) is 35.8. The number of aliphatic hydroxyl groups is 8. The summed E-state index contributed by atoms with van der Waals surface area (Å²) in [4.78, 5) is 13.3. The molecule has 494 valence electrons. The highest BCUT2D eigenvalue weighted by Gasteiger charge is 2.51. The predicted octanol–water partition coefficient (Wildman–Crippen LogP) is 14.4. The fraction of sp³-hybridized carbons (Fsp3) is 0.986. The Hall–Kier alpha value is -1.01. The molecular formula is C69H135NO13. The number of aliphatic hydroxyl groups excluding tert-OH is 8. The number of ether oxygens (including phenoxy) is 4. The topological polar surface area (TPSA) is 228 Å². The van der Waals surface area contributed by atoms with Gasteiger partial charge in [-0.1, -0.05) is 322 Å². The second-order valence-corrected chi connectivity index (χ2v) is 25.7. The Bertz CT molecular complexity index is 1400. The summed E-state index contributed by atoms with van der Waals surface area (Å²) in [6.45, 7) is 2.91. The van der Waals surface area contributed by atoms with Gasteiger partial charge in [0.1, 0.15) is 48.8 Å². The van der Waals surface area contributed by atoms with Crippen LogP contribution in [0.5, 0.6) is 0 Å². The summed E-state index contributed by atoms with van der Waals surface area (Å²) < 4.78 is 22.9. The molecule has 2 saturated heterocycles. The van der Waals surface area contributed by atoms with Crippen molar-refractivity contribution in [1.82, 2.24) is 5.32 Å². The van der Waals surface area contributed by atoms with Crippen LogP contribution in [0.15, 0.2) is 0 Å². The standard InChI is InChI=1S/C69H135NO13/c1-3-5-7-9-11-13-15-17-19-20-21-22-23-24-25-26-27-28-29-30-31-32-33-34-35-36-37-38-39-41-43-45-47-49-51-53-61(74)70-57(58(73)52-50-48-46-44-42-40-18-16-14-12-10-8-6-4-2)56-80-68-66(79)64(77)67(60(55-72)82-68)83-69-65(78)63(76)62(75)59(54-71)81-69/h57-60,62-69,71-73,75-79H,3-56H2,1-2H3,(H,70,74). The fourth-order valence-corrected chi connectivity index (χ4v) is 12.4. The van der Waals surface area contributed by atoms with E-state index in [4.69, 9.17) is 18.9 Å². The molecule has 12 atom stereocenters. The molecule has 83 heavy (non-hydrogen) atoms. The normalized spacial score (nSPS) is 23.7. The van der Waals surface area contributed by atoms with Gasteiger partial charge in [-0.15, -0.1) is 0 Å². The van der Waals surface area contributed by atoms with E-state index in [1.807, 2.05) is 0 Å². The lowest BCUT2D eigenvalue weighted by atomic mass is 9.97. The molecule has 2 aliphatic rings. The van der Waals surface area contributed by atoms with Crippen molar-refractivity contribution in [2.24, 2.45) is 0 Å². The lowest BCUT2D eigenvalue weighted by Crippen LogP contribution is -2.65. The number of carbonyl (C=O) groups excluding carboxylic acids is 1. The quantitative estimate of drug-likeness (QED) is 0.0259. The Morgan fingerprint density at radius 3 is 1.02 bits per heavy atom. The average Bonchev–Trinajstić information content (AvgIpc) is 3.64. The van der Waals surface area contributed by atoms with Gasteiger partial charge < -0.3 is 65.1 Å². The smallest absolute Gasteiger partial charge is 0.220 e. The fourth-order valence-electron chi connectivity index (χ4n) is 12.4. The van der Waals surface area contributed by atoms with E-state index in [9.17, 15) is 45.6 Å². The van der Waals surface area contributed by atoms with Gasteiger partial charge in [-0.2, -0.15) is 0 Å². The van der Waals surface area contributed by atoms with Crippen LogP contribution < -0.4 is 5.32 Å². The van der Waals surface area contributed by atoms with Crippen LogP contribution in [0.4, 0.5) is 0 Å². The molecule has 0 aliphatic carbocycles. The highest BCUT2D eigenvalue weighted by molar-refractivity contribution is 5.76. The molecule has 12 unspecified atom stereocenters. The minimum atomic E-state index is -1.78. The largest absolute Gasteiger partial charge is 0.394 e. The number of nitrogens with one attached hydrogen (secondary N) is 1. The van der Waals surface area contributed by atoms with Gasteiger partial charge in [0.25, 0.3) is 0 Å². The summed E-state index contributed by atoms with van der Waals surface area (Å²) in [6, 6.07) is -0.823. The van der Waals surface area contributed by atoms with Gasteiger partial charge in [0.2, 0.25) is 5.91 Å². The van der Waals surface area contributed by atoms with E-state index >= 15 is 0 Å². The molecule has 0 bridgehead atoms. The molecule has 0 aromatic heterocycles. The van der Waals surface area contributed by atoms with Crippen LogP contribution in [0.2, 0.25) is 0 Å². The summed E-state index contributed by atoms with van der Waals surface area (Å²) in [5, 5.41) is 87.4. The number of carbonyl (C=O) groups is 1. The van der Waals surface area contributed by atoms with Crippen molar-refractivity contribution < 1.29 is 64.6 Å². The SMILES string of the molecule is CCCCCCCCCCCCCCCCCCCCCCCCCCCCCCCCCCCCCC(=O)NC(COC1OC(CO)C(OC2OC(CO)C(O)C(O)C2O)C(O)C1O)C(O)CCCCCCCCCCCCCCCC. The van der Waals surface area contributed by atoms with E-state index < -0.39 is 86.8 Å². The molecule has 14 heteroatoms. The van der Waals surface area contributed by atoms with Crippen LogP contribution in [0, 0.1) is 0 Å². The van der Waals surface area contributed by atoms with Crippen molar-refractivity contribution in [2.45, 2.75) is 415 Å². The first kappa shape index (κ1) is 78.1. The Balaban J connectivity index is 1.57. The molecule has 0 spiro atoms. The zero-order chi connectivity index (χ0) is 60.2. The zero-order valence-electron chi connectivity index (χ0n) is 53.7. The Labute approximate surface area is 508 Å². The number of rotatable bonds is 60. The molecule has 2 fully saturated rings. The van der Waals surface area contributed by atoms with Gasteiger partial charge in [0.05, 0.1) is 32.0 Å². The van der Waals surface area contributed by atoms with Crippen molar-refractivity contribution in [2.75, 3.05) is 19.8 Å². The third-order valence-electron chi connectivity index (χ3n) is 18.1. The number of amides is 1. The molecule has 9 N–H and O–H groups in total. The van der Waals surface area contributed by atoms with Crippen molar-refractivity contribution in [3.8, 4) is 0 Å². The lowest BCUT2D eigenvalue weighted by Gasteiger charge is -2.46. The maximum absolute atomic E-state index is 13.3. The van der Waals surface area contributed by atoms with Gasteiger partial charge in [-0.25, -0.2) is 0 Å². The van der Waals surface area contributed by atoms with Crippen LogP contribution >= 0.6 is 0 Å². The van der Waals surface area contributed by atoms with Gasteiger partial charge in [0, 0.05) is 6.42 Å². The third kappa shape index (κ3) is 39.6. The van der Waals surface area contributed by atoms with Gasteiger partial charge in [-0.05, 0) is 12.8 Å². The maximum Gasteiger partial charge on any atom is 0.220 e. The molecular weight excluding hydrogens is 1050 g/mol. The minimum Gasteiger partial charge on any atom is -0.394 e. The molecule has 1 amide bonds. The van der Waals surface area contributed by atoms with E-state index in [-0.39, 0.29) is 12.5 Å². The molecule has 2 aliphatic heterocycles. The highest BCUT2D eigenvalue weighted by atomic mass is 16.7. The first-order valence-corrected chi connectivity index (χ1v) is 35.8. The summed E-state index contributed by atoms with van der Waals surface area (Å²) in [6.07, 6.45) is 48.6. The van der Waals surface area contributed by atoms with E-state index in [0.717, 1.165) is 51.4 Å². The Kier molecular flexibility index (Phi) is 51.8. The number of hydrogen-bond acceptors (Lipinski definition) is 13. The molecule has 0 aromatic carbocycles. The van der Waals surface area contributed by atoms with Crippen molar-refractivity contribution in [3.63, 3.8) is 0 Å². The van der Waals surface area contributed by atoms with Crippen LogP contribution in [0.25, 0.3) is 0 Å². The summed E-state index contributed by atoms with van der Waals surface area (Å²) in [7, 11) is 0. The minimum absolute atomic E-state index is 0.198. The Morgan fingerprint density at radius 1 is 0.386 bits per heavy atom. The molecule has 2 heterocycles. The van der Waals surface area contributed by atoms with Crippen molar-refractivity contribution >= 4 is 5.91 Å². The molecule has 14 nitrogen and oxygen atoms in total. The van der Waals surface area contributed by atoms with Crippen molar-refractivity contribution in [1.29, 1.82) is 0 Å². The van der Waals surface area contributed by atoms with Crippen LogP contribution in [-0.4, -0.2) is 140 Å². The third-order valence-corrected chi connectivity index (χ3v) is 18.1. The van der Waals surface area contributed by atoms with Crippen LogP contribution in [0.1, 0.15) is 341 Å². The first-order chi connectivity index (χ1) is 40.6. The number of unbranched alkanes of at least 4 members (excludes halogenated alkanes) is 47. The summed E-state index contributed by atoms with van der Waals surface area (Å²) >= 11 is 0. The highest BCUT2D eigenvalue weighted by Crippen LogP contribution is 2.30. The molecule has 0 radical (unpaired) electrons. The van der Waals surface area contributed by atoms with Crippen LogP contribution in [0.3, 0.4) is 0 Å². The van der Waals surface area contributed by atoms with Gasteiger partial charge in [0.15, 0.2) is 12.6 Å². The Morgan fingerprint density at radius 2 is 0.687 bits per heavy atom. The number of hydrogen-bond donors (Lipinski definition) is 9. The molecule has 0 aromatic rings. The molecule has 2 rings (SSSR count). The van der Waals surface area contributed by atoms with E-state index in [1.54, 1.807) is 0 Å². The van der Waals surface area contributed by atoms with E-state index in [1.165, 1.54) is 263 Å². The summed E-state index contributed by atoms with van der Waals surface area (Å²) in [5.41, 5.74) is 0. The summed E-state index contributed by atoms with van der Waals surface area (Å²) in [5.74, 6) is -0.198. The van der Waals surface area contributed by atoms with Crippen LogP contribution in [-0.2, 0) is 23.7 Å². The second kappa shape index (κ2) is 55.1. The van der Waals surface area contributed by atoms with Gasteiger partial charge >= 0.3 is 0 Å². The van der Waals surface area contributed by atoms with E-state index in [0.29, 0.717) is 12.8 Å². The predicted molar refractivity (Wildman–Crippen MR) is 337 cm³/mol. The van der Waals surface area contributed by atoms with Gasteiger partial charge in [-0.3, -0.25) is 4.79 Å². The lowest BCUT2D eigenvalue weighted by molar-refractivity contribution is -0.359. The van der Waals surface area contributed by atoms with Crippen molar-refractivity contribution in [3.05, 3.63) is 0 Å². The molecule has 0 saturated carbocycles. The average molecular weight is 1190 g/mol. The second-order valence-electron chi connectivity index (χ2n) is 25.7. The monoisotopic (exact) mass is 1190 g/mol. The van der Waals surface area contributed by atoms with E-state index in [2.05, 4.69) is 19.2 Å². The maximum atomic E-state index is 13.3.